The molecule has 0 spiro atoms. The maximum atomic E-state index is 12.7. The summed E-state index contributed by atoms with van der Waals surface area (Å²) in [6.45, 7) is 0. The van der Waals surface area contributed by atoms with Crippen molar-refractivity contribution in [2.24, 2.45) is 23.7 Å². The van der Waals surface area contributed by atoms with Crippen molar-refractivity contribution in [3.8, 4) is 0 Å². The molecule has 4 fully saturated rings. The Morgan fingerprint density at radius 1 is 1.05 bits per heavy atom. The van der Waals surface area contributed by atoms with E-state index in [0.29, 0.717) is 17.1 Å². The van der Waals surface area contributed by atoms with Gasteiger partial charge in [-0.2, -0.15) is 0 Å². The predicted molar refractivity (Wildman–Crippen MR) is 76.8 cm³/mol. The van der Waals surface area contributed by atoms with Crippen molar-refractivity contribution in [2.45, 2.75) is 19.3 Å². The van der Waals surface area contributed by atoms with Crippen molar-refractivity contribution in [3.63, 3.8) is 0 Å². The second-order valence-electron chi connectivity index (χ2n) is 6.16. The number of hydrogen-bond donors (Lipinski definition) is 0. The average Bonchev–Trinajstić information content (AvgIpc) is 2.73. The SMILES string of the molecule is O=C1CC2CCC1C1C(=O)N(c3cccc(Cl)c3)C(=O)C21. The molecule has 0 N–H and O–H groups in total. The number of rotatable bonds is 1. The van der Waals surface area contributed by atoms with Crippen LogP contribution in [0.1, 0.15) is 19.3 Å². The normalized spacial score (nSPS) is 34.5. The van der Waals surface area contributed by atoms with Gasteiger partial charge in [-0.15, -0.1) is 0 Å². The van der Waals surface area contributed by atoms with E-state index in [1.165, 1.54) is 4.90 Å². The first-order chi connectivity index (χ1) is 10.1. The van der Waals surface area contributed by atoms with Crippen LogP contribution in [-0.4, -0.2) is 17.6 Å². The van der Waals surface area contributed by atoms with E-state index in [-0.39, 0.29) is 35.4 Å². The molecule has 5 heteroatoms. The molecule has 21 heavy (non-hydrogen) atoms. The van der Waals surface area contributed by atoms with Crippen LogP contribution in [0.5, 0.6) is 0 Å². The molecule has 3 aliphatic carbocycles. The van der Waals surface area contributed by atoms with Crippen LogP contribution in [0, 0.1) is 23.7 Å². The monoisotopic (exact) mass is 303 g/mol. The summed E-state index contributed by atoms with van der Waals surface area (Å²) in [6.07, 6.45) is 2.07. The van der Waals surface area contributed by atoms with E-state index in [2.05, 4.69) is 0 Å². The molecule has 1 aromatic rings. The van der Waals surface area contributed by atoms with Gasteiger partial charge >= 0.3 is 0 Å². The van der Waals surface area contributed by atoms with Gasteiger partial charge in [0.05, 0.1) is 17.5 Å². The number of ketones is 1. The number of Topliss-reactive ketones (excluding diaryl/α,β-unsaturated/α-hetero) is 1. The zero-order chi connectivity index (χ0) is 14.7. The molecular weight excluding hydrogens is 290 g/mol. The van der Waals surface area contributed by atoms with Crippen LogP contribution in [0.4, 0.5) is 5.69 Å². The lowest BCUT2D eigenvalue weighted by Crippen LogP contribution is -2.46. The number of nitrogens with zero attached hydrogens (tertiary/aromatic N) is 1. The number of amides is 2. The second-order valence-corrected chi connectivity index (χ2v) is 6.59. The number of imide groups is 1. The van der Waals surface area contributed by atoms with E-state index < -0.39 is 5.92 Å². The molecule has 3 saturated carbocycles. The Kier molecular flexibility index (Phi) is 2.73. The molecule has 1 heterocycles. The lowest BCUT2D eigenvalue weighted by molar-refractivity contribution is -0.143. The minimum absolute atomic E-state index is 0.0353. The van der Waals surface area contributed by atoms with Gasteiger partial charge in [0.2, 0.25) is 11.8 Å². The molecule has 2 bridgehead atoms. The van der Waals surface area contributed by atoms with E-state index in [1.807, 2.05) is 0 Å². The van der Waals surface area contributed by atoms with Crippen molar-refractivity contribution >= 4 is 34.9 Å². The minimum atomic E-state index is -0.448. The Morgan fingerprint density at radius 2 is 1.81 bits per heavy atom. The van der Waals surface area contributed by atoms with Gasteiger partial charge in [0.15, 0.2) is 0 Å². The minimum Gasteiger partial charge on any atom is -0.299 e. The Bertz CT molecular complexity index is 671. The highest BCUT2D eigenvalue weighted by molar-refractivity contribution is 6.31. The molecule has 1 aliphatic heterocycles. The van der Waals surface area contributed by atoms with Gasteiger partial charge in [-0.1, -0.05) is 17.7 Å². The summed E-state index contributed by atoms with van der Waals surface area (Å²) in [5, 5.41) is 0.488. The molecule has 4 nitrogen and oxygen atoms in total. The Labute approximate surface area is 127 Å². The summed E-state index contributed by atoms with van der Waals surface area (Å²) >= 11 is 5.96. The number of hydrogen-bond acceptors (Lipinski definition) is 3. The number of carbonyl (C=O) groups excluding carboxylic acids is 3. The first-order valence-corrected chi connectivity index (χ1v) is 7.62. The van der Waals surface area contributed by atoms with Crippen molar-refractivity contribution in [2.75, 3.05) is 4.90 Å². The number of fused-ring (bicyclic) bond motifs is 2. The maximum Gasteiger partial charge on any atom is 0.238 e. The molecule has 1 aromatic carbocycles. The maximum absolute atomic E-state index is 12.7. The third-order valence-corrected chi connectivity index (χ3v) is 5.37. The highest BCUT2D eigenvalue weighted by Gasteiger charge is 2.60. The first kappa shape index (κ1) is 13.0. The number of benzene rings is 1. The Morgan fingerprint density at radius 3 is 2.52 bits per heavy atom. The van der Waals surface area contributed by atoms with Gasteiger partial charge in [-0.05, 0) is 37.0 Å². The molecule has 0 aromatic heterocycles. The van der Waals surface area contributed by atoms with Gasteiger partial charge in [0.25, 0.3) is 0 Å². The van der Waals surface area contributed by atoms with Gasteiger partial charge < -0.3 is 0 Å². The van der Waals surface area contributed by atoms with Crippen molar-refractivity contribution < 1.29 is 14.4 Å². The topological polar surface area (TPSA) is 54.5 Å². The number of halogens is 1. The quantitative estimate of drug-likeness (QED) is 0.749. The van der Waals surface area contributed by atoms with Crippen LogP contribution in [0.2, 0.25) is 5.02 Å². The molecule has 0 radical (unpaired) electrons. The fourth-order valence-electron chi connectivity index (χ4n) is 4.25. The third kappa shape index (κ3) is 1.72. The van der Waals surface area contributed by atoms with E-state index in [9.17, 15) is 14.4 Å². The molecule has 4 aliphatic rings. The van der Waals surface area contributed by atoms with Gasteiger partial charge in [-0.25, -0.2) is 4.90 Å². The summed E-state index contributed by atoms with van der Waals surface area (Å²) in [6, 6.07) is 6.76. The second kappa shape index (κ2) is 4.41. The summed E-state index contributed by atoms with van der Waals surface area (Å²) in [5.74, 6) is -1.22. The summed E-state index contributed by atoms with van der Waals surface area (Å²) in [5.41, 5.74) is 0.513. The Hall–Kier alpha value is -1.68. The highest BCUT2D eigenvalue weighted by atomic mass is 35.5. The van der Waals surface area contributed by atoms with E-state index >= 15 is 0 Å². The Balaban J connectivity index is 1.77. The van der Waals surface area contributed by atoms with Crippen LogP contribution in [0.25, 0.3) is 0 Å². The molecule has 4 atom stereocenters. The van der Waals surface area contributed by atoms with E-state index in [0.717, 1.165) is 12.8 Å². The summed E-state index contributed by atoms with van der Waals surface area (Å²) in [4.78, 5) is 38.7. The van der Waals surface area contributed by atoms with Crippen molar-refractivity contribution in [1.82, 2.24) is 0 Å². The third-order valence-electron chi connectivity index (χ3n) is 5.13. The van der Waals surface area contributed by atoms with Crippen molar-refractivity contribution in [1.29, 1.82) is 0 Å². The van der Waals surface area contributed by atoms with Gasteiger partial charge in [-0.3, -0.25) is 14.4 Å². The van der Waals surface area contributed by atoms with Crippen molar-refractivity contribution in [3.05, 3.63) is 29.3 Å². The standard InChI is InChI=1S/C16H14ClNO3/c17-9-2-1-3-10(7-9)18-15(20)13-8-4-5-11(12(19)6-8)14(13)16(18)21/h1-3,7-8,11,13-14H,4-6H2. The van der Waals surface area contributed by atoms with Gasteiger partial charge in [0, 0.05) is 17.4 Å². The van der Waals surface area contributed by atoms with E-state index in [1.54, 1.807) is 24.3 Å². The largest absolute Gasteiger partial charge is 0.299 e. The molecular formula is C16H14ClNO3. The van der Waals surface area contributed by atoms with Crippen LogP contribution in [-0.2, 0) is 14.4 Å². The van der Waals surface area contributed by atoms with Crippen LogP contribution in [0.3, 0.4) is 0 Å². The molecule has 2 amide bonds. The lowest BCUT2D eigenvalue weighted by Gasteiger charge is -2.41. The smallest absolute Gasteiger partial charge is 0.238 e. The number of carbonyl (C=O) groups is 3. The van der Waals surface area contributed by atoms with Gasteiger partial charge in [0.1, 0.15) is 5.78 Å². The summed E-state index contributed by atoms with van der Waals surface area (Å²) < 4.78 is 0. The molecule has 4 unspecified atom stereocenters. The summed E-state index contributed by atoms with van der Waals surface area (Å²) in [7, 11) is 0. The van der Waals surface area contributed by atoms with Crippen LogP contribution < -0.4 is 4.90 Å². The zero-order valence-corrected chi connectivity index (χ0v) is 12.0. The highest BCUT2D eigenvalue weighted by Crippen LogP contribution is 2.52. The van der Waals surface area contributed by atoms with Crippen LogP contribution in [0.15, 0.2) is 24.3 Å². The zero-order valence-electron chi connectivity index (χ0n) is 11.3. The molecule has 1 saturated heterocycles. The fraction of sp³-hybridized carbons (Fsp3) is 0.438. The lowest BCUT2D eigenvalue weighted by atomic mass is 9.59. The van der Waals surface area contributed by atoms with E-state index in [4.69, 9.17) is 11.6 Å². The molecule has 5 rings (SSSR count). The average molecular weight is 304 g/mol. The molecule has 108 valence electrons. The predicted octanol–water partition coefficient (Wildman–Crippen LogP) is 2.44. The first-order valence-electron chi connectivity index (χ1n) is 7.24. The fourth-order valence-corrected chi connectivity index (χ4v) is 4.44. The number of anilines is 1. The van der Waals surface area contributed by atoms with Crippen LogP contribution >= 0.6 is 11.6 Å².